The summed E-state index contributed by atoms with van der Waals surface area (Å²) in [5.74, 6) is -0.902. The average molecular weight is 465 g/mol. The zero-order valence-corrected chi connectivity index (χ0v) is 18.2. The standard InChI is InChI=1S/C20H21ClN4O5S/c1-30-20-17(31(28,29)25-13-8-6-12(21)7-9-13)10-14(11-23-20)24-19(27)18(22)15-4-2-3-5-16(15)26/h6-11,22,25-26H,2-5H2,1H3,(H,24,27). The van der Waals surface area contributed by atoms with E-state index in [1.807, 2.05) is 0 Å². The van der Waals surface area contributed by atoms with Crippen LogP contribution in [-0.2, 0) is 14.8 Å². The number of rotatable bonds is 7. The van der Waals surface area contributed by atoms with E-state index in [4.69, 9.17) is 21.7 Å². The van der Waals surface area contributed by atoms with E-state index < -0.39 is 15.9 Å². The van der Waals surface area contributed by atoms with E-state index in [-0.39, 0.29) is 33.6 Å². The number of nitrogens with one attached hydrogen (secondary N) is 3. The highest BCUT2D eigenvalue weighted by Gasteiger charge is 2.24. The van der Waals surface area contributed by atoms with E-state index in [1.54, 1.807) is 0 Å². The van der Waals surface area contributed by atoms with Crippen molar-refractivity contribution in [3.05, 3.63) is 52.9 Å². The minimum Gasteiger partial charge on any atom is -0.512 e. The number of amides is 1. The first-order valence-electron chi connectivity index (χ1n) is 9.35. The number of pyridine rings is 1. The number of hydrogen-bond acceptors (Lipinski definition) is 7. The van der Waals surface area contributed by atoms with Crippen molar-refractivity contribution >= 4 is 44.6 Å². The Morgan fingerprint density at radius 2 is 1.87 bits per heavy atom. The van der Waals surface area contributed by atoms with Gasteiger partial charge < -0.3 is 15.2 Å². The number of nitrogens with zero attached hydrogens (tertiary/aromatic N) is 1. The van der Waals surface area contributed by atoms with Gasteiger partial charge in [0.15, 0.2) is 4.90 Å². The molecular formula is C20H21ClN4O5S. The van der Waals surface area contributed by atoms with E-state index >= 15 is 0 Å². The molecule has 11 heteroatoms. The summed E-state index contributed by atoms with van der Waals surface area (Å²) in [6.07, 6.45) is 3.66. The molecule has 0 saturated carbocycles. The first kappa shape index (κ1) is 22.6. The van der Waals surface area contributed by atoms with Crippen molar-refractivity contribution in [3.63, 3.8) is 0 Å². The molecule has 0 bridgehead atoms. The number of benzene rings is 1. The number of aliphatic hydroxyl groups excluding tert-OH is 1. The second-order valence-corrected chi connectivity index (χ2v) is 8.89. The second-order valence-electron chi connectivity index (χ2n) is 6.81. The van der Waals surface area contributed by atoms with Crippen LogP contribution in [0.2, 0.25) is 5.02 Å². The molecule has 1 heterocycles. The Morgan fingerprint density at radius 1 is 1.19 bits per heavy atom. The minimum atomic E-state index is -4.11. The molecule has 0 spiro atoms. The molecule has 9 nitrogen and oxygen atoms in total. The van der Waals surface area contributed by atoms with Crippen molar-refractivity contribution in [1.82, 2.24) is 4.98 Å². The van der Waals surface area contributed by atoms with Crippen molar-refractivity contribution in [2.24, 2.45) is 0 Å². The number of methoxy groups -OCH3 is 1. The summed E-state index contributed by atoms with van der Waals surface area (Å²) in [7, 11) is -2.84. The maximum Gasteiger partial charge on any atom is 0.273 e. The van der Waals surface area contributed by atoms with Gasteiger partial charge in [-0.1, -0.05) is 11.6 Å². The Bertz CT molecular complexity index is 1150. The van der Waals surface area contributed by atoms with Gasteiger partial charge >= 0.3 is 0 Å². The molecule has 31 heavy (non-hydrogen) atoms. The first-order valence-corrected chi connectivity index (χ1v) is 11.2. The van der Waals surface area contributed by atoms with Crippen LogP contribution in [-0.4, -0.2) is 37.2 Å². The lowest BCUT2D eigenvalue weighted by Gasteiger charge is -2.17. The number of halogens is 1. The van der Waals surface area contributed by atoms with Gasteiger partial charge in [-0.3, -0.25) is 14.9 Å². The van der Waals surface area contributed by atoms with E-state index in [0.29, 0.717) is 23.4 Å². The summed E-state index contributed by atoms with van der Waals surface area (Å²) in [5.41, 5.74) is 0.268. The summed E-state index contributed by atoms with van der Waals surface area (Å²) in [4.78, 5) is 16.1. The highest BCUT2D eigenvalue weighted by molar-refractivity contribution is 7.92. The monoisotopic (exact) mass is 464 g/mol. The van der Waals surface area contributed by atoms with Crippen molar-refractivity contribution in [1.29, 1.82) is 5.41 Å². The lowest BCUT2D eigenvalue weighted by molar-refractivity contribution is -0.110. The molecule has 0 radical (unpaired) electrons. The topological polar surface area (TPSA) is 141 Å². The number of allylic oxidation sites excluding steroid dienone is 1. The third-order valence-corrected chi connectivity index (χ3v) is 6.25. The molecule has 4 N–H and O–H groups in total. The number of carbonyl (C=O) groups excluding carboxylic acids is 1. The van der Waals surface area contributed by atoms with E-state index in [0.717, 1.165) is 12.8 Å². The van der Waals surface area contributed by atoms with E-state index in [2.05, 4.69) is 15.0 Å². The van der Waals surface area contributed by atoms with Gasteiger partial charge in [0.2, 0.25) is 5.88 Å². The number of carbonyl (C=O) groups is 1. The SMILES string of the molecule is COc1ncc(NC(=O)C(=N)C2=C(O)CCCC2)cc1S(=O)(=O)Nc1ccc(Cl)cc1. The molecule has 1 aromatic heterocycles. The van der Waals surface area contributed by atoms with E-state index in [1.165, 1.54) is 43.6 Å². The lowest BCUT2D eigenvalue weighted by atomic mass is 9.94. The molecular weight excluding hydrogens is 444 g/mol. The van der Waals surface area contributed by atoms with Crippen molar-refractivity contribution in [2.45, 2.75) is 30.6 Å². The van der Waals surface area contributed by atoms with Crippen LogP contribution in [0.4, 0.5) is 11.4 Å². The number of hydrogen-bond donors (Lipinski definition) is 4. The summed E-state index contributed by atoms with van der Waals surface area (Å²) in [6, 6.07) is 7.25. The van der Waals surface area contributed by atoms with Crippen LogP contribution in [0.5, 0.6) is 5.88 Å². The maximum atomic E-state index is 12.9. The van der Waals surface area contributed by atoms with Crippen LogP contribution in [0.1, 0.15) is 25.7 Å². The van der Waals surface area contributed by atoms with Crippen LogP contribution >= 0.6 is 11.6 Å². The predicted molar refractivity (Wildman–Crippen MR) is 118 cm³/mol. The largest absolute Gasteiger partial charge is 0.512 e. The molecule has 1 aliphatic carbocycles. The number of ether oxygens (including phenoxy) is 1. The highest BCUT2D eigenvalue weighted by Crippen LogP contribution is 2.28. The van der Waals surface area contributed by atoms with Gasteiger partial charge in [0.05, 0.1) is 24.8 Å². The Labute approximate surface area is 184 Å². The highest BCUT2D eigenvalue weighted by atomic mass is 35.5. The second kappa shape index (κ2) is 9.36. The summed E-state index contributed by atoms with van der Waals surface area (Å²) >= 11 is 5.82. The van der Waals surface area contributed by atoms with Gasteiger partial charge in [-0.15, -0.1) is 0 Å². The van der Waals surface area contributed by atoms with Crippen LogP contribution in [0.3, 0.4) is 0 Å². The van der Waals surface area contributed by atoms with Crippen LogP contribution < -0.4 is 14.8 Å². The minimum absolute atomic E-state index is 0.0367. The van der Waals surface area contributed by atoms with Gasteiger partial charge in [-0.25, -0.2) is 13.4 Å². The number of aliphatic hydroxyl groups is 1. The normalized spacial score (nSPS) is 14.1. The van der Waals surface area contributed by atoms with Gasteiger partial charge in [-0.05, 0) is 49.6 Å². The smallest absolute Gasteiger partial charge is 0.273 e. The van der Waals surface area contributed by atoms with Crippen molar-refractivity contribution < 1.29 is 23.1 Å². The molecule has 0 aliphatic heterocycles. The van der Waals surface area contributed by atoms with Crippen LogP contribution in [0.25, 0.3) is 0 Å². The molecule has 0 fully saturated rings. The summed E-state index contributed by atoms with van der Waals surface area (Å²) < 4.78 is 33.2. The maximum absolute atomic E-state index is 12.9. The molecule has 0 saturated heterocycles. The fourth-order valence-corrected chi connectivity index (χ4v) is 4.39. The molecule has 0 atom stereocenters. The van der Waals surface area contributed by atoms with Crippen LogP contribution in [0.15, 0.2) is 52.8 Å². The number of sulfonamides is 1. The number of anilines is 2. The molecule has 1 amide bonds. The third kappa shape index (κ3) is 5.33. The fourth-order valence-electron chi connectivity index (χ4n) is 3.06. The van der Waals surface area contributed by atoms with Gasteiger partial charge in [0.25, 0.3) is 15.9 Å². The lowest BCUT2D eigenvalue weighted by Crippen LogP contribution is -2.26. The molecule has 2 aromatic rings. The van der Waals surface area contributed by atoms with Crippen molar-refractivity contribution in [2.75, 3.05) is 17.1 Å². The Hall–Kier alpha value is -3.11. The molecule has 1 aromatic carbocycles. The zero-order valence-electron chi connectivity index (χ0n) is 16.6. The summed E-state index contributed by atoms with van der Waals surface area (Å²) in [5, 5.41) is 20.9. The van der Waals surface area contributed by atoms with E-state index in [9.17, 15) is 18.3 Å². The van der Waals surface area contributed by atoms with Crippen LogP contribution in [0, 0.1) is 5.41 Å². The fraction of sp³-hybridized carbons (Fsp3) is 0.250. The Kier molecular flexibility index (Phi) is 6.81. The third-order valence-electron chi connectivity index (χ3n) is 4.62. The average Bonchev–Trinajstić information content (AvgIpc) is 2.75. The Balaban J connectivity index is 1.85. The van der Waals surface area contributed by atoms with Gasteiger partial charge in [0.1, 0.15) is 5.71 Å². The Morgan fingerprint density at radius 3 is 2.52 bits per heavy atom. The first-order chi connectivity index (χ1) is 14.7. The summed E-state index contributed by atoms with van der Waals surface area (Å²) in [6.45, 7) is 0. The predicted octanol–water partition coefficient (Wildman–Crippen LogP) is 3.89. The zero-order chi connectivity index (χ0) is 22.6. The molecule has 0 unspecified atom stereocenters. The van der Waals surface area contributed by atoms with Gasteiger partial charge in [0, 0.05) is 22.7 Å². The molecule has 1 aliphatic rings. The molecule has 164 valence electrons. The molecule has 3 rings (SSSR count). The van der Waals surface area contributed by atoms with Gasteiger partial charge in [-0.2, -0.15) is 0 Å². The quantitative estimate of drug-likeness (QED) is 0.458. The number of aromatic nitrogens is 1. The van der Waals surface area contributed by atoms with Crippen molar-refractivity contribution in [3.8, 4) is 5.88 Å².